The normalized spacial score (nSPS) is 13.0. The summed E-state index contributed by atoms with van der Waals surface area (Å²) in [7, 11) is 0. The molecule has 0 saturated carbocycles. The van der Waals surface area contributed by atoms with E-state index in [2.05, 4.69) is 80.2 Å². The summed E-state index contributed by atoms with van der Waals surface area (Å²) in [6.45, 7) is 7.28. The van der Waals surface area contributed by atoms with E-state index in [0.29, 0.717) is 6.85 Å². The number of unbranched alkanes of at least 4 members (excludes halogenated alkanes) is 66. The number of hydrogen-bond donors (Lipinski definition) is 0. The van der Waals surface area contributed by atoms with Crippen molar-refractivity contribution in [3.05, 3.63) is 60.3 Å². The molecule has 0 aromatic rings. The van der Waals surface area contributed by atoms with Gasteiger partial charge in [0.2, 0.25) is 0 Å². The fourth-order valence-electron chi connectivity index (χ4n) is 13.3. The zero-order chi connectivity index (χ0) is 59.9. The van der Waals surface area contributed by atoms with Crippen LogP contribution in [-0.2, 0) is 0 Å². The summed E-state index contributed by atoms with van der Waals surface area (Å²) in [5, 5.41) is 0. The van der Waals surface area contributed by atoms with Crippen molar-refractivity contribution in [3.63, 3.8) is 0 Å². The minimum Gasteiger partial charge on any atom is -0.384 e. The SMILES string of the molecule is CCCCCCCCCCCCCCCCCCCCCCCC/C=C/B1C=CC=C(/C=C/CCCCCCCCCCCCCCCCCCCCCCCC)N1/C=C/CCCCCCCCCCCCCCCCCCCCCCCC. The van der Waals surface area contributed by atoms with Gasteiger partial charge in [-0.15, -0.1) is 0 Å². The lowest BCUT2D eigenvalue weighted by Crippen LogP contribution is -2.33. The molecule has 0 radical (unpaired) electrons. The fourth-order valence-corrected chi connectivity index (χ4v) is 13.3. The molecule has 492 valence electrons. The summed E-state index contributed by atoms with van der Waals surface area (Å²) in [5.41, 5.74) is 1.36. The van der Waals surface area contributed by atoms with Crippen molar-refractivity contribution in [2.45, 2.75) is 464 Å². The maximum absolute atomic E-state index is 2.56. The first kappa shape index (κ1) is 80.6. The smallest absolute Gasteiger partial charge is 0.312 e. The van der Waals surface area contributed by atoms with Crippen molar-refractivity contribution in [2.24, 2.45) is 0 Å². The Balaban J connectivity index is 2.27. The van der Waals surface area contributed by atoms with Gasteiger partial charge in [-0.3, -0.25) is 0 Å². The molecule has 0 aliphatic carbocycles. The average molecular weight is 1170 g/mol. The Kier molecular flexibility index (Phi) is 69.4. The van der Waals surface area contributed by atoms with E-state index in [0.717, 1.165) is 0 Å². The Morgan fingerprint density at radius 3 is 0.690 bits per heavy atom. The molecule has 0 aromatic carbocycles. The molecule has 0 unspecified atom stereocenters. The molecule has 0 spiro atoms. The third kappa shape index (κ3) is 62.2. The topological polar surface area (TPSA) is 3.24 Å². The highest BCUT2D eigenvalue weighted by Crippen LogP contribution is 2.23. The summed E-state index contributed by atoms with van der Waals surface area (Å²) >= 11 is 0. The number of rotatable bonds is 72. The lowest BCUT2D eigenvalue weighted by atomic mass is 9.58. The maximum Gasteiger partial charge on any atom is 0.312 e. The second kappa shape index (κ2) is 72.3. The van der Waals surface area contributed by atoms with Gasteiger partial charge in [-0.25, -0.2) is 0 Å². The Morgan fingerprint density at radius 2 is 0.452 bits per heavy atom. The Hall–Kier alpha value is -1.44. The number of nitrogens with zero attached hydrogens (tertiary/aromatic N) is 1. The molecule has 1 aliphatic heterocycles. The largest absolute Gasteiger partial charge is 0.384 e. The summed E-state index contributed by atoms with van der Waals surface area (Å²) < 4.78 is 0. The summed E-state index contributed by atoms with van der Waals surface area (Å²) in [6.07, 6.45) is 116. The predicted molar refractivity (Wildman–Crippen MR) is 388 cm³/mol. The van der Waals surface area contributed by atoms with Crippen molar-refractivity contribution in [1.82, 2.24) is 4.81 Å². The summed E-state index contributed by atoms with van der Waals surface area (Å²) in [5.74, 6) is 4.91. The Labute approximate surface area is 532 Å². The van der Waals surface area contributed by atoms with Gasteiger partial charge in [-0.1, -0.05) is 462 Å². The molecule has 0 aromatic heterocycles. The average Bonchev–Trinajstić information content (AvgIpc) is 3.56. The molecule has 0 amide bonds. The number of allylic oxidation sites excluding steroid dienone is 6. The van der Waals surface area contributed by atoms with E-state index < -0.39 is 0 Å². The second-order valence-electron chi connectivity index (χ2n) is 27.7. The quantitative estimate of drug-likeness (QED) is 0.0433. The van der Waals surface area contributed by atoms with Crippen LogP contribution in [0.3, 0.4) is 0 Å². The maximum atomic E-state index is 2.56. The monoisotopic (exact) mass is 1170 g/mol. The first-order valence-corrected chi connectivity index (χ1v) is 40.0. The molecule has 0 bridgehead atoms. The standard InChI is InChI=1S/C82H156BN/c1-4-7-10-13-16-19-22-25-28-31-34-37-40-43-46-49-52-55-58-61-64-67-70-73-77-82-78-76-80-83(79-74-71-68-65-62-59-56-53-50-47-44-41-38-35-32-29-26-23-20-17-14-11-8-5-2)84(82)81-75-72-69-66-63-60-57-54-51-48-45-42-39-36-33-30-27-24-21-18-15-12-9-6-3/h73-81H,4-72H2,1-3H3/b77-73+,79-74+,81-75+. The van der Waals surface area contributed by atoms with E-state index >= 15 is 0 Å². The fraction of sp³-hybridized carbons (Fsp3) is 0.878. The first-order valence-electron chi connectivity index (χ1n) is 40.0. The van der Waals surface area contributed by atoms with E-state index in [1.165, 1.54) is 449 Å². The van der Waals surface area contributed by atoms with Crippen LogP contribution in [0.4, 0.5) is 0 Å². The van der Waals surface area contributed by atoms with Crippen LogP contribution in [0.5, 0.6) is 0 Å². The molecular weight excluding hydrogens is 1010 g/mol. The molecule has 1 rings (SSSR count). The van der Waals surface area contributed by atoms with Crippen LogP contribution in [-0.4, -0.2) is 11.7 Å². The van der Waals surface area contributed by atoms with Crippen molar-refractivity contribution in [3.8, 4) is 0 Å². The van der Waals surface area contributed by atoms with Gasteiger partial charge in [0, 0.05) is 5.70 Å². The second-order valence-corrected chi connectivity index (χ2v) is 27.7. The minimum atomic E-state index is 0.324. The zero-order valence-corrected chi connectivity index (χ0v) is 58.5. The summed E-state index contributed by atoms with van der Waals surface area (Å²) in [6, 6.07) is 0. The van der Waals surface area contributed by atoms with Gasteiger partial charge in [-0.2, -0.15) is 0 Å². The Bertz CT molecular complexity index is 1370. The van der Waals surface area contributed by atoms with Crippen molar-refractivity contribution in [2.75, 3.05) is 0 Å². The first-order chi connectivity index (χ1) is 41.8. The van der Waals surface area contributed by atoms with Crippen LogP contribution in [0.1, 0.15) is 464 Å². The van der Waals surface area contributed by atoms with Gasteiger partial charge in [-0.05, 0) is 56.9 Å². The van der Waals surface area contributed by atoms with Crippen LogP contribution in [0.2, 0.25) is 0 Å². The lowest BCUT2D eigenvalue weighted by Gasteiger charge is -2.28. The predicted octanol–water partition coefficient (Wildman–Crippen LogP) is 30.4. The Morgan fingerprint density at radius 1 is 0.250 bits per heavy atom. The lowest BCUT2D eigenvalue weighted by molar-refractivity contribution is 0.519. The van der Waals surface area contributed by atoms with Crippen LogP contribution in [0.15, 0.2) is 60.3 Å². The molecule has 84 heavy (non-hydrogen) atoms. The van der Waals surface area contributed by atoms with Gasteiger partial charge in [0.05, 0.1) is 0 Å². The van der Waals surface area contributed by atoms with Crippen molar-refractivity contribution in [1.29, 1.82) is 0 Å². The molecule has 1 aliphatic rings. The molecule has 1 heterocycles. The third-order valence-corrected chi connectivity index (χ3v) is 19.3. The zero-order valence-electron chi connectivity index (χ0n) is 58.5. The highest BCUT2D eigenvalue weighted by Gasteiger charge is 2.19. The molecule has 2 heteroatoms. The molecule has 0 fully saturated rings. The number of hydrogen-bond acceptors (Lipinski definition) is 1. The van der Waals surface area contributed by atoms with Crippen LogP contribution >= 0.6 is 0 Å². The van der Waals surface area contributed by atoms with Crippen LogP contribution < -0.4 is 0 Å². The third-order valence-electron chi connectivity index (χ3n) is 19.3. The molecule has 0 saturated heterocycles. The highest BCUT2D eigenvalue weighted by atomic mass is 15.0. The van der Waals surface area contributed by atoms with E-state index in [9.17, 15) is 0 Å². The molecule has 0 N–H and O–H groups in total. The van der Waals surface area contributed by atoms with Gasteiger partial charge in [0.25, 0.3) is 0 Å². The van der Waals surface area contributed by atoms with E-state index in [1.54, 1.807) is 0 Å². The van der Waals surface area contributed by atoms with Crippen LogP contribution in [0, 0.1) is 0 Å². The van der Waals surface area contributed by atoms with Gasteiger partial charge in [0.15, 0.2) is 0 Å². The van der Waals surface area contributed by atoms with Gasteiger partial charge >= 0.3 is 6.85 Å². The summed E-state index contributed by atoms with van der Waals surface area (Å²) in [4.78, 5) is 2.56. The molecular formula is C82H156BN. The highest BCUT2D eigenvalue weighted by molar-refractivity contribution is 6.67. The van der Waals surface area contributed by atoms with Crippen molar-refractivity contribution < 1.29 is 0 Å². The molecule has 1 nitrogen and oxygen atoms in total. The van der Waals surface area contributed by atoms with Crippen LogP contribution in [0.25, 0.3) is 0 Å². The van der Waals surface area contributed by atoms with Gasteiger partial charge in [0.1, 0.15) is 0 Å². The van der Waals surface area contributed by atoms with E-state index in [4.69, 9.17) is 0 Å². The minimum absolute atomic E-state index is 0.324. The van der Waals surface area contributed by atoms with E-state index in [1.807, 2.05) is 0 Å². The van der Waals surface area contributed by atoms with Gasteiger partial charge < -0.3 is 4.81 Å². The molecule has 0 atom stereocenters. The van der Waals surface area contributed by atoms with E-state index in [-0.39, 0.29) is 0 Å². The van der Waals surface area contributed by atoms with Crippen molar-refractivity contribution >= 4 is 6.85 Å².